The number of amides is 2. The van der Waals surface area contributed by atoms with Gasteiger partial charge in [-0.15, -0.1) is 10.2 Å². The number of nitrogens with zero attached hydrogens (tertiary/aromatic N) is 3. The van der Waals surface area contributed by atoms with Gasteiger partial charge in [-0.05, 0) is 37.1 Å². The van der Waals surface area contributed by atoms with E-state index in [0.29, 0.717) is 16.0 Å². The van der Waals surface area contributed by atoms with Crippen molar-refractivity contribution in [2.75, 3.05) is 30.0 Å². The molecule has 2 heterocycles. The van der Waals surface area contributed by atoms with Crippen molar-refractivity contribution in [1.82, 2.24) is 15.1 Å². The van der Waals surface area contributed by atoms with E-state index in [4.69, 9.17) is 4.42 Å². The minimum absolute atomic E-state index is 0.0146. The molecule has 10 heteroatoms. The number of furan rings is 1. The van der Waals surface area contributed by atoms with Crippen molar-refractivity contribution in [3.8, 4) is 0 Å². The van der Waals surface area contributed by atoms with E-state index in [1.807, 2.05) is 44.2 Å². The van der Waals surface area contributed by atoms with Gasteiger partial charge in [0.2, 0.25) is 16.9 Å². The molecule has 0 saturated carbocycles. The molecule has 0 radical (unpaired) electrons. The molecule has 0 spiro atoms. The molecule has 3 aromatic rings. The predicted octanol–water partition coefficient (Wildman–Crippen LogP) is 3.55. The highest BCUT2D eigenvalue weighted by atomic mass is 32.2. The van der Waals surface area contributed by atoms with Crippen molar-refractivity contribution < 1.29 is 14.0 Å². The van der Waals surface area contributed by atoms with Crippen LogP contribution >= 0.6 is 23.1 Å². The smallest absolute Gasteiger partial charge is 0.243 e. The largest absolute Gasteiger partial charge is 0.467 e. The Morgan fingerprint density at radius 2 is 1.93 bits per heavy atom. The fraction of sp³-hybridized carbons (Fsp3) is 0.300. The summed E-state index contributed by atoms with van der Waals surface area (Å²) >= 11 is 2.66. The van der Waals surface area contributed by atoms with Gasteiger partial charge in [0.25, 0.3) is 0 Å². The highest BCUT2D eigenvalue weighted by Crippen LogP contribution is 2.26. The lowest BCUT2D eigenvalue weighted by Crippen LogP contribution is -2.36. The van der Waals surface area contributed by atoms with Crippen LogP contribution in [0.2, 0.25) is 0 Å². The number of aryl methyl sites for hydroxylation is 2. The number of carbonyl (C=O) groups excluding carboxylic acids is 2. The van der Waals surface area contributed by atoms with Crippen LogP contribution in [-0.2, 0) is 16.1 Å². The molecule has 2 aromatic heterocycles. The third-order valence-electron chi connectivity index (χ3n) is 4.27. The van der Waals surface area contributed by atoms with Crippen LogP contribution < -0.4 is 10.6 Å². The third-order valence-corrected chi connectivity index (χ3v) is 6.27. The number of aromatic nitrogens is 2. The van der Waals surface area contributed by atoms with Gasteiger partial charge < -0.3 is 20.0 Å². The van der Waals surface area contributed by atoms with Crippen molar-refractivity contribution in [2.24, 2.45) is 0 Å². The minimum Gasteiger partial charge on any atom is -0.467 e. The van der Waals surface area contributed by atoms with Crippen molar-refractivity contribution in [3.05, 3.63) is 53.5 Å². The number of para-hydroxylation sites is 1. The second-order valence-electron chi connectivity index (χ2n) is 6.66. The number of carbonyl (C=O) groups is 2. The second kappa shape index (κ2) is 10.3. The molecular formula is C20H23N5O3S2. The lowest BCUT2D eigenvalue weighted by atomic mass is 10.1. The molecule has 0 bridgehead atoms. The van der Waals surface area contributed by atoms with E-state index in [2.05, 4.69) is 20.8 Å². The monoisotopic (exact) mass is 445 g/mol. The van der Waals surface area contributed by atoms with E-state index in [0.717, 1.165) is 22.6 Å². The maximum Gasteiger partial charge on any atom is 0.243 e. The summed E-state index contributed by atoms with van der Waals surface area (Å²) < 4.78 is 5.93. The lowest BCUT2D eigenvalue weighted by Gasteiger charge is -2.17. The Balaban J connectivity index is 1.43. The van der Waals surface area contributed by atoms with Gasteiger partial charge >= 0.3 is 0 Å². The standard InChI is InChI=1S/C20H23N5O3S2/c1-13-6-4-7-14(2)18(13)22-16(26)11-25(3)17(27)12-29-20-24-23-19(30-20)21-10-15-8-5-9-28-15/h4-9H,10-12H2,1-3H3,(H,21,23)(H,22,26). The van der Waals surface area contributed by atoms with Crippen LogP contribution in [0.1, 0.15) is 16.9 Å². The maximum absolute atomic E-state index is 12.4. The molecule has 3 rings (SSSR count). The van der Waals surface area contributed by atoms with Crippen molar-refractivity contribution in [2.45, 2.75) is 24.7 Å². The zero-order chi connectivity index (χ0) is 21.5. The summed E-state index contributed by atoms with van der Waals surface area (Å²) in [7, 11) is 1.61. The van der Waals surface area contributed by atoms with Crippen LogP contribution in [-0.4, -0.2) is 46.3 Å². The SMILES string of the molecule is Cc1cccc(C)c1NC(=O)CN(C)C(=O)CSc1nnc(NCc2ccco2)s1. The van der Waals surface area contributed by atoms with Crippen LogP contribution in [0.15, 0.2) is 45.4 Å². The average molecular weight is 446 g/mol. The highest BCUT2D eigenvalue weighted by Gasteiger charge is 2.16. The first-order chi connectivity index (χ1) is 14.4. The van der Waals surface area contributed by atoms with Crippen LogP contribution in [0.4, 0.5) is 10.8 Å². The van der Waals surface area contributed by atoms with Gasteiger partial charge in [-0.1, -0.05) is 41.3 Å². The Morgan fingerprint density at radius 1 is 1.17 bits per heavy atom. The topological polar surface area (TPSA) is 100 Å². The predicted molar refractivity (Wildman–Crippen MR) is 119 cm³/mol. The average Bonchev–Trinajstić information content (AvgIpc) is 3.39. The summed E-state index contributed by atoms with van der Waals surface area (Å²) in [5.41, 5.74) is 2.77. The maximum atomic E-state index is 12.4. The lowest BCUT2D eigenvalue weighted by molar-refractivity contribution is -0.131. The van der Waals surface area contributed by atoms with Gasteiger partial charge in [0.15, 0.2) is 4.34 Å². The molecule has 8 nitrogen and oxygen atoms in total. The number of hydrogen-bond donors (Lipinski definition) is 2. The first kappa shape index (κ1) is 21.8. The number of likely N-dealkylation sites (N-methyl/N-ethyl adjacent to an activating group) is 1. The van der Waals surface area contributed by atoms with Gasteiger partial charge in [-0.3, -0.25) is 9.59 Å². The van der Waals surface area contributed by atoms with Gasteiger partial charge in [-0.2, -0.15) is 0 Å². The quantitative estimate of drug-likeness (QED) is 0.486. The third kappa shape index (κ3) is 6.07. The van der Waals surface area contributed by atoms with Gasteiger partial charge in [0.1, 0.15) is 5.76 Å². The van der Waals surface area contributed by atoms with Crippen molar-refractivity contribution in [3.63, 3.8) is 0 Å². The number of benzene rings is 1. The molecule has 158 valence electrons. The van der Waals surface area contributed by atoms with E-state index in [1.54, 1.807) is 13.3 Å². The number of hydrogen-bond acceptors (Lipinski definition) is 8. The second-order valence-corrected chi connectivity index (χ2v) is 8.86. The first-order valence-electron chi connectivity index (χ1n) is 9.25. The zero-order valence-electron chi connectivity index (χ0n) is 17.0. The normalized spacial score (nSPS) is 10.6. The molecule has 0 saturated heterocycles. The Morgan fingerprint density at radius 3 is 2.63 bits per heavy atom. The molecule has 30 heavy (non-hydrogen) atoms. The Kier molecular flexibility index (Phi) is 7.47. The highest BCUT2D eigenvalue weighted by molar-refractivity contribution is 8.01. The van der Waals surface area contributed by atoms with Gasteiger partial charge in [-0.25, -0.2) is 0 Å². The molecule has 0 atom stereocenters. The Hall–Kier alpha value is -2.85. The molecular weight excluding hydrogens is 422 g/mol. The molecule has 0 fully saturated rings. The van der Waals surface area contributed by atoms with Crippen molar-refractivity contribution in [1.29, 1.82) is 0 Å². The van der Waals surface area contributed by atoms with E-state index in [1.165, 1.54) is 28.0 Å². The number of anilines is 2. The van der Waals surface area contributed by atoms with E-state index < -0.39 is 0 Å². The number of rotatable bonds is 9. The summed E-state index contributed by atoms with van der Waals surface area (Å²) in [5, 5.41) is 14.8. The Bertz CT molecular complexity index is 984. The summed E-state index contributed by atoms with van der Waals surface area (Å²) in [4.78, 5) is 26.1. The Labute approximate surface area is 183 Å². The van der Waals surface area contributed by atoms with Gasteiger partial charge in [0.05, 0.1) is 25.1 Å². The summed E-state index contributed by atoms with van der Waals surface area (Å²) in [6, 6.07) is 9.51. The van der Waals surface area contributed by atoms with Crippen LogP contribution in [0, 0.1) is 13.8 Å². The first-order valence-corrected chi connectivity index (χ1v) is 11.0. The molecule has 2 N–H and O–H groups in total. The van der Waals surface area contributed by atoms with Crippen LogP contribution in [0.5, 0.6) is 0 Å². The van der Waals surface area contributed by atoms with Crippen LogP contribution in [0.25, 0.3) is 0 Å². The molecule has 0 unspecified atom stereocenters. The fourth-order valence-electron chi connectivity index (χ4n) is 2.64. The molecule has 2 amide bonds. The minimum atomic E-state index is -0.228. The molecule has 0 aliphatic rings. The molecule has 0 aliphatic carbocycles. The van der Waals surface area contributed by atoms with Crippen LogP contribution in [0.3, 0.4) is 0 Å². The summed E-state index contributed by atoms with van der Waals surface area (Å²) in [5.74, 6) is 0.598. The van der Waals surface area contributed by atoms with E-state index in [-0.39, 0.29) is 24.1 Å². The summed E-state index contributed by atoms with van der Waals surface area (Å²) in [6.45, 7) is 4.38. The summed E-state index contributed by atoms with van der Waals surface area (Å²) in [6.07, 6.45) is 1.61. The van der Waals surface area contributed by atoms with E-state index >= 15 is 0 Å². The molecule has 1 aromatic carbocycles. The molecule has 0 aliphatic heterocycles. The van der Waals surface area contributed by atoms with Crippen molar-refractivity contribution >= 4 is 45.7 Å². The zero-order valence-corrected chi connectivity index (χ0v) is 18.6. The fourth-order valence-corrected chi connectivity index (χ4v) is 4.33. The van der Waals surface area contributed by atoms with E-state index in [9.17, 15) is 9.59 Å². The number of thioether (sulfide) groups is 1. The van der Waals surface area contributed by atoms with Gasteiger partial charge in [0, 0.05) is 12.7 Å². The number of nitrogens with one attached hydrogen (secondary N) is 2.